The van der Waals surface area contributed by atoms with Gasteiger partial charge < -0.3 is 20.1 Å². The Morgan fingerprint density at radius 2 is 2.00 bits per heavy atom. The number of aliphatic carboxylic acids is 1. The van der Waals surface area contributed by atoms with Gasteiger partial charge in [0, 0.05) is 19.1 Å². The van der Waals surface area contributed by atoms with E-state index in [1.54, 1.807) is 11.9 Å². The van der Waals surface area contributed by atoms with E-state index in [1.807, 2.05) is 20.8 Å². The molecule has 0 bridgehead atoms. The van der Waals surface area contributed by atoms with Crippen LogP contribution in [-0.4, -0.2) is 54.4 Å². The van der Waals surface area contributed by atoms with Gasteiger partial charge in [0.1, 0.15) is 6.61 Å². The number of rotatable bonds is 7. The van der Waals surface area contributed by atoms with Crippen molar-refractivity contribution in [2.75, 3.05) is 26.8 Å². The summed E-state index contributed by atoms with van der Waals surface area (Å²) in [6.45, 7) is 6.13. The third-order valence-corrected chi connectivity index (χ3v) is 2.83. The molecular weight excluding hydrogens is 224 g/mol. The number of hydrogen-bond acceptors (Lipinski definition) is 3. The summed E-state index contributed by atoms with van der Waals surface area (Å²) in [5.41, 5.74) is -0.202. The molecule has 0 radical (unpaired) electrons. The van der Waals surface area contributed by atoms with Crippen molar-refractivity contribution < 1.29 is 19.4 Å². The number of carbonyl (C=O) groups excluding carboxylic acids is 1. The quantitative estimate of drug-likeness (QED) is 0.655. The van der Waals surface area contributed by atoms with Gasteiger partial charge in [-0.05, 0) is 20.3 Å². The van der Waals surface area contributed by atoms with E-state index in [9.17, 15) is 9.59 Å². The van der Waals surface area contributed by atoms with E-state index >= 15 is 0 Å². The Bertz CT molecular complexity index is 266. The van der Waals surface area contributed by atoms with Gasteiger partial charge in [-0.2, -0.15) is 0 Å². The third kappa shape index (κ3) is 6.11. The van der Waals surface area contributed by atoms with Gasteiger partial charge in [-0.1, -0.05) is 6.92 Å². The fraction of sp³-hybridized carbons (Fsp3) is 0.818. The number of carbonyl (C=O) groups is 2. The summed E-state index contributed by atoms with van der Waals surface area (Å²) in [4.78, 5) is 23.5. The van der Waals surface area contributed by atoms with E-state index in [0.29, 0.717) is 6.54 Å². The minimum atomic E-state index is -1.01. The maximum atomic E-state index is 11.7. The van der Waals surface area contributed by atoms with E-state index in [1.165, 1.54) is 0 Å². The maximum Gasteiger partial charge on any atom is 0.329 e. The molecular formula is C11H22N2O4. The maximum absolute atomic E-state index is 11.7. The molecule has 0 aliphatic heterocycles. The first kappa shape index (κ1) is 15.7. The SMILES string of the molecule is CCC(C)(C)N(C)C(=O)NCCOCC(=O)O. The Morgan fingerprint density at radius 1 is 1.41 bits per heavy atom. The molecule has 0 aromatic carbocycles. The molecule has 6 nitrogen and oxygen atoms in total. The number of amides is 2. The minimum absolute atomic E-state index is 0.184. The Labute approximate surface area is 102 Å². The van der Waals surface area contributed by atoms with Crippen LogP contribution in [0.15, 0.2) is 0 Å². The Morgan fingerprint density at radius 3 is 2.47 bits per heavy atom. The molecule has 0 aromatic rings. The molecule has 0 heterocycles. The first-order chi connectivity index (χ1) is 7.81. The molecule has 0 aliphatic rings. The lowest BCUT2D eigenvalue weighted by molar-refractivity contribution is -0.142. The van der Waals surface area contributed by atoms with Crippen LogP contribution in [0.5, 0.6) is 0 Å². The molecule has 0 saturated carbocycles. The lowest BCUT2D eigenvalue weighted by atomic mass is 10.0. The molecule has 0 fully saturated rings. The average Bonchev–Trinajstić information content (AvgIpc) is 2.26. The van der Waals surface area contributed by atoms with Gasteiger partial charge in [0.05, 0.1) is 6.61 Å². The lowest BCUT2D eigenvalue weighted by Crippen LogP contribution is -2.49. The van der Waals surface area contributed by atoms with Crippen LogP contribution in [0, 0.1) is 0 Å². The van der Waals surface area contributed by atoms with Gasteiger partial charge in [-0.15, -0.1) is 0 Å². The normalized spacial score (nSPS) is 11.1. The summed E-state index contributed by atoms with van der Waals surface area (Å²) in [6.07, 6.45) is 0.854. The molecule has 2 amide bonds. The molecule has 17 heavy (non-hydrogen) atoms. The van der Waals surface area contributed by atoms with Crippen LogP contribution in [0.4, 0.5) is 4.79 Å². The summed E-state index contributed by atoms with van der Waals surface area (Å²) in [6, 6.07) is -0.184. The van der Waals surface area contributed by atoms with Gasteiger partial charge in [0.2, 0.25) is 0 Å². The van der Waals surface area contributed by atoms with Crippen LogP contribution >= 0.6 is 0 Å². The molecule has 2 N–H and O–H groups in total. The minimum Gasteiger partial charge on any atom is -0.480 e. The summed E-state index contributed by atoms with van der Waals surface area (Å²) >= 11 is 0. The van der Waals surface area contributed by atoms with Crippen molar-refractivity contribution in [2.45, 2.75) is 32.7 Å². The third-order valence-electron chi connectivity index (χ3n) is 2.83. The summed E-state index contributed by atoms with van der Waals surface area (Å²) in [5.74, 6) is -1.01. The van der Waals surface area contributed by atoms with Crippen LogP contribution in [0.2, 0.25) is 0 Å². The van der Waals surface area contributed by atoms with E-state index < -0.39 is 5.97 Å². The van der Waals surface area contributed by atoms with Gasteiger partial charge >= 0.3 is 12.0 Å². The zero-order valence-electron chi connectivity index (χ0n) is 10.9. The number of carboxylic acid groups (broad SMARTS) is 1. The summed E-state index contributed by atoms with van der Waals surface area (Å²) in [5, 5.41) is 11.0. The predicted molar refractivity (Wildman–Crippen MR) is 64.0 cm³/mol. The highest BCUT2D eigenvalue weighted by atomic mass is 16.5. The first-order valence-corrected chi connectivity index (χ1v) is 5.62. The number of nitrogens with one attached hydrogen (secondary N) is 1. The predicted octanol–water partition coefficient (Wildman–Crippen LogP) is 0.918. The summed E-state index contributed by atoms with van der Waals surface area (Å²) < 4.78 is 4.80. The van der Waals surface area contributed by atoms with Gasteiger partial charge in [0.25, 0.3) is 0 Å². The van der Waals surface area contributed by atoms with Crippen molar-refractivity contribution in [1.82, 2.24) is 10.2 Å². The van der Waals surface area contributed by atoms with Crippen molar-refractivity contribution in [2.24, 2.45) is 0 Å². The Kier molecular flexibility index (Phi) is 6.57. The number of nitrogens with zero attached hydrogens (tertiary/aromatic N) is 1. The van der Waals surface area contributed by atoms with Crippen LogP contribution in [0.3, 0.4) is 0 Å². The highest BCUT2D eigenvalue weighted by Gasteiger charge is 2.25. The van der Waals surface area contributed by atoms with E-state index in [2.05, 4.69) is 5.32 Å². The molecule has 0 aliphatic carbocycles. The van der Waals surface area contributed by atoms with Crippen molar-refractivity contribution in [3.05, 3.63) is 0 Å². The molecule has 6 heteroatoms. The number of hydrogen-bond donors (Lipinski definition) is 2. The molecule has 0 saturated heterocycles. The van der Waals surface area contributed by atoms with Crippen LogP contribution < -0.4 is 5.32 Å². The lowest BCUT2D eigenvalue weighted by Gasteiger charge is -2.34. The molecule has 0 unspecified atom stereocenters. The van der Waals surface area contributed by atoms with Gasteiger partial charge in [-0.3, -0.25) is 0 Å². The van der Waals surface area contributed by atoms with Crippen LogP contribution in [-0.2, 0) is 9.53 Å². The van der Waals surface area contributed by atoms with Gasteiger partial charge in [0.15, 0.2) is 0 Å². The molecule has 0 atom stereocenters. The standard InChI is InChI=1S/C11H22N2O4/c1-5-11(2,3)13(4)10(16)12-6-7-17-8-9(14)15/h5-8H2,1-4H3,(H,12,16)(H,14,15). The molecule has 0 rings (SSSR count). The second-order valence-corrected chi connectivity index (χ2v) is 4.40. The second kappa shape index (κ2) is 7.11. The molecule has 0 aromatic heterocycles. The van der Waals surface area contributed by atoms with E-state index in [0.717, 1.165) is 6.42 Å². The number of urea groups is 1. The Hall–Kier alpha value is -1.30. The van der Waals surface area contributed by atoms with E-state index in [4.69, 9.17) is 9.84 Å². The second-order valence-electron chi connectivity index (χ2n) is 4.40. The first-order valence-electron chi connectivity index (χ1n) is 5.62. The van der Waals surface area contributed by atoms with Gasteiger partial charge in [-0.25, -0.2) is 9.59 Å². The number of carboxylic acids is 1. The average molecular weight is 246 g/mol. The van der Waals surface area contributed by atoms with Crippen molar-refractivity contribution in [3.8, 4) is 0 Å². The highest BCUT2D eigenvalue weighted by molar-refractivity contribution is 5.74. The summed E-state index contributed by atoms with van der Waals surface area (Å²) in [7, 11) is 1.73. The topological polar surface area (TPSA) is 78.9 Å². The molecule has 100 valence electrons. The zero-order chi connectivity index (χ0) is 13.5. The van der Waals surface area contributed by atoms with Crippen LogP contribution in [0.25, 0.3) is 0 Å². The van der Waals surface area contributed by atoms with Crippen molar-refractivity contribution in [3.63, 3.8) is 0 Å². The fourth-order valence-corrected chi connectivity index (χ4v) is 1.02. The monoisotopic (exact) mass is 246 g/mol. The smallest absolute Gasteiger partial charge is 0.329 e. The fourth-order valence-electron chi connectivity index (χ4n) is 1.02. The van der Waals surface area contributed by atoms with Crippen molar-refractivity contribution >= 4 is 12.0 Å². The molecule has 0 spiro atoms. The van der Waals surface area contributed by atoms with Crippen molar-refractivity contribution in [1.29, 1.82) is 0 Å². The zero-order valence-corrected chi connectivity index (χ0v) is 10.9. The Balaban J connectivity index is 3.83. The number of ether oxygens (including phenoxy) is 1. The van der Waals surface area contributed by atoms with Crippen LogP contribution in [0.1, 0.15) is 27.2 Å². The highest BCUT2D eigenvalue weighted by Crippen LogP contribution is 2.15. The largest absolute Gasteiger partial charge is 0.480 e. The van der Waals surface area contributed by atoms with E-state index in [-0.39, 0.29) is 24.8 Å².